The van der Waals surface area contributed by atoms with Gasteiger partial charge in [-0.25, -0.2) is 14.4 Å². The molecule has 0 aliphatic carbocycles. The fourth-order valence-corrected chi connectivity index (χ4v) is 2.19. The molecule has 1 aromatic heterocycles. The number of rotatable bonds is 3. The number of hydrogen-bond acceptors (Lipinski definition) is 4. The van der Waals surface area contributed by atoms with Crippen LogP contribution in [-0.2, 0) is 0 Å². The molecular formula is C12H7Cl2KN2O6. The topological polar surface area (TPSA) is 129 Å². The van der Waals surface area contributed by atoms with Crippen LogP contribution in [0, 0.1) is 0 Å². The number of carboxylic acids is 2. The zero-order valence-electron chi connectivity index (χ0n) is 12.5. The van der Waals surface area contributed by atoms with Gasteiger partial charge >= 0.3 is 69.0 Å². The van der Waals surface area contributed by atoms with Crippen LogP contribution in [0.15, 0.2) is 27.8 Å². The number of aromatic amines is 1. The predicted octanol–water partition coefficient (Wildman–Crippen LogP) is -1.65. The second kappa shape index (κ2) is 7.75. The van der Waals surface area contributed by atoms with E-state index in [0.717, 1.165) is 0 Å². The van der Waals surface area contributed by atoms with E-state index in [1.54, 1.807) is 4.98 Å². The first-order chi connectivity index (χ1) is 10.2. The van der Waals surface area contributed by atoms with Gasteiger partial charge in [0, 0.05) is 5.02 Å². The van der Waals surface area contributed by atoms with Crippen LogP contribution in [0.2, 0.25) is 10.0 Å². The first kappa shape index (κ1) is 20.1. The van der Waals surface area contributed by atoms with Gasteiger partial charge in [0.25, 0.3) is 5.56 Å². The fourth-order valence-electron chi connectivity index (χ4n) is 1.82. The second-order valence-electron chi connectivity index (χ2n) is 4.02. The third kappa shape index (κ3) is 3.94. The zero-order chi connectivity index (χ0) is 16.6. The van der Waals surface area contributed by atoms with Gasteiger partial charge in [-0.1, -0.05) is 23.2 Å². The molecule has 0 bridgehead atoms. The van der Waals surface area contributed by atoms with E-state index >= 15 is 0 Å². The standard InChI is InChI=1S/C12H6Cl2N2O6.K.H/c13-4-1-2-5(14)6(3-4)16-8(11(20)21)7(10(18)19)9(17)15-12(16)22;;/h1-3H,(H,18,19)(H,20,21)(H,15,17,22);;/q;+1;-1. The third-order valence-corrected chi connectivity index (χ3v) is 3.23. The molecule has 0 saturated heterocycles. The van der Waals surface area contributed by atoms with Crippen LogP contribution in [0.25, 0.3) is 5.69 Å². The Bertz CT molecular complexity index is 927. The van der Waals surface area contributed by atoms with Gasteiger partial charge < -0.3 is 11.6 Å². The molecule has 0 spiro atoms. The van der Waals surface area contributed by atoms with Gasteiger partial charge in [-0.2, -0.15) is 0 Å². The first-order valence-corrected chi connectivity index (χ1v) is 6.31. The molecule has 0 aliphatic heterocycles. The zero-order valence-corrected chi connectivity index (χ0v) is 16.1. The maximum atomic E-state index is 12.0. The quantitative estimate of drug-likeness (QED) is 0.543. The molecule has 0 saturated carbocycles. The third-order valence-electron chi connectivity index (χ3n) is 2.68. The Morgan fingerprint density at radius 3 is 2.26 bits per heavy atom. The maximum absolute atomic E-state index is 12.0. The number of carbonyl (C=O) groups is 2. The van der Waals surface area contributed by atoms with Crippen LogP contribution in [0.1, 0.15) is 22.3 Å². The van der Waals surface area contributed by atoms with Crippen LogP contribution < -0.4 is 62.6 Å². The average Bonchev–Trinajstić information content (AvgIpc) is 2.40. The van der Waals surface area contributed by atoms with Crippen molar-refractivity contribution < 1.29 is 72.6 Å². The number of hydrogen-bond donors (Lipinski definition) is 3. The van der Waals surface area contributed by atoms with Crippen molar-refractivity contribution in [2.24, 2.45) is 0 Å². The van der Waals surface area contributed by atoms with Crippen molar-refractivity contribution in [3.05, 3.63) is 60.3 Å². The fraction of sp³-hybridized carbons (Fsp3) is 0. The molecule has 0 fully saturated rings. The summed E-state index contributed by atoms with van der Waals surface area (Å²) in [6.45, 7) is 0. The number of H-pyrrole nitrogens is 1. The van der Waals surface area contributed by atoms with Gasteiger partial charge in [-0.3, -0.25) is 14.3 Å². The number of nitrogens with one attached hydrogen (secondary N) is 1. The minimum atomic E-state index is -1.80. The van der Waals surface area contributed by atoms with E-state index in [1.165, 1.54) is 18.2 Å². The van der Waals surface area contributed by atoms with Crippen LogP contribution in [-0.4, -0.2) is 31.7 Å². The Morgan fingerprint density at radius 2 is 1.74 bits per heavy atom. The van der Waals surface area contributed by atoms with Crippen molar-refractivity contribution in [3.8, 4) is 5.69 Å². The molecule has 8 nitrogen and oxygen atoms in total. The van der Waals surface area contributed by atoms with Crippen LogP contribution in [0.4, 0.5) is 0 Å². The molecule has 2 rings (SSSR count). The normalized spacial score (nSPS) is 10.0. The van der Waals surface area contributed by atoms with E-state index in [2.05, 4.69) is 0 Å². The van der Waals surface area contributed by atoms with Gasteiger partial charge in [0.15, 0.2) is 11.3 Å². The van der Waals surface area contributed by atoms with E-state index in [4.69, 9.17) is 28.3 Å². The van der Waals surface area contributed by atoms with Crippen molar-refractivity contribution in [2.75, 3.05) is 0 Å². The van der Waals surface area contributed by atoms with E-state index in [-0.39, 0.29) is 68.5 Å². The Labute approximate surface area is 181 Å². The minimum Gasteiger partial charge on any atom is -1.00 e. The Morgan fingerprint density at radius 1 is 1.13 bits per heavy atom. The van der Waals surface area contributed by atoms with Crippen LogP contribution >= 0.6 is 23.2 Å². The Kier molecular flexibility index (Phi) is 6.77. The van der Waals surface area contributed by atoms with Gasteiger partial charge in [0.05, 0.1) is 10.7 Å². The molecule has 1 heterocycles. The number of benzene rings is 1. The van der Waals surface area contributed by atoms with Crippen LogP contribution in [0.5, 0.6) is 0 Å². The van der Waals surface area contributed by atoms with E-state index in [0.29, 0.717) is 4.57 Å². The molecule has 3 N–H and O–H groups in total. The Balaban J connectivity index is 0.00000264. The van der Waals surface area contributed by atoms with Gasteiger partial charge in [-0.15, -0.1) is 0 Å². The molecule has 1 aromatic carbocycles. The molecule has 0 radical (unpaired) electrons. The summed E-state index contributed by atoms with van der Waals surface area (Å²) in [5, 5.41) is 18.3. The molecule has 116 valence electrons. The summed E-state index contributed by atoms with van der Waals surface area (Å²) in [4.78, 5) is 47.8. The molecule has 23 heavy (non-hydrogen) atoms. The molecule has 11 heteroatoms. The minimum absolute atomic E-state index is 0. The average molecular weight is 385 g/mol. The molecule has 0 atom stereocenters. The summed E-state index contributed by atoms with van der Waals surface area (Å²) in [7, 11) is 0. The van der Waals surface area contributed by atoms with E-state index in [1.807, 2.05) is 0 Å². The number of carboxylic acid groups (broad SMARTS) is 2. The number of nitrogens with zero attached hydrogens (tertiary/aromatic N) is 1. The molecule has 0 aliphatic rings. The first-order valence-electron chi connectivity index (χ1n) is 5.55. The molecule has 0 amide bonds. The van der Waals surface area contributed by atoms with E-state index < -0.39 is 34.4 Å². The molecule has 2 aromatic rings. The van der Waals surface area contributed by atoms with Crippen molar-refractivity contribution in [2.45, 2.75) is 0 Å². The SMILES string of the molecule is O=C(O)c1c(C(=O)O)n(-c2cc(Cl)ccc2Cl)c(=O)[nH]c1=O.[H-].[K+]. The van der Waals surface area contributed by atoms with Gasteiger partial charge in [-0.05, 0) is 18.2 Å². The number of aromatic nitrogens is 2. The van der Waals surface area contributed by atoms with Gasteiger partial charge in [0.2, 0.25) is 0 Å². The van der Waals surface area contributed by atoms with Crippen molar-refractivity contribution in [1.29, 1.82) is 0 Å². The summed E-state index contributed by atoms with van der Waals surface area (Å²) in [5.41, 5.74) is -4.77. The number of aromatic carboxylic acids is 2. The monoisotopic (exact) mass is 384 g/mol. The van der Waals surface area contributed by atoms with E-state index in [9.17, 15) is 24.3 Å². The smallest absolute Gasteiger partial charge is 1.00 e. The Hall–Kier alpha value is -0.944. The van der Waals surface area contributed by atoms with Crippen molar-refractivity contribution in [3.63, 3.8) is 0 Å². The predicted molar refractivity (Wildman–Crippen MR) is 77.7 cm³/mol. The number of halogens is 2. The largest absolute Gasteiger partial charge is 1.00 e. The summed E-state index contributed by atoms with van der Waals surface area (Å²) >= 11 is 11.7. The van der Waals surface area contributed by atoms with Crippen molar-refractivity contribution in [1.82, 2.24) is 9.55 Å². The maximum Gasteiger partial charge on any atom is 1.00 e. The molecule has 0 unspecified atom stereocenters. The van der Waals surface area contributed by atoms with Gasteiger partial charge in [0.1, 0.15) is 0 Å². The summed E-state index contributed by atoms with van der Waals surface area (Å²) in [5.74, 6) is -3.58. The summed E-state index contributed by atoms with van der Waals surface area (Å²) < 4.78 is 0.474. The summed E-state index contributed by atoms with van der Waals surface area (Å²) in [6.07, 6.45) is 0. The second-order valence-corrected chi connectivity index (χ2v) is 4.87. The molecular weight excluding hydrogens is 378 g/mol. The van der Waals surface area contributed by atoms with Crippen molar-refractivity contribution >= 4 is 35.1 Å². The van der Waals surface area contributed by atoms with Crippen LogP contribution in [0.3, 0.4) is 0 Å². The summed E-state index contributed by atoms with van der Waals surface area (Å²) in [6, 6.07) is 3.85.